The van der Waals surface area contributed by atoms with E-state index in [1.54, 1.807) is 36.4 Å². The van der Waals surface area contributed by atoms with Gasteiger partial charge in [0.15, 0.2) is 0 Å². The number of nitrogens with one attached hydrogen (secondary N) is 1. The number of benzene rings is 2. The fraction of sp³-hybridized carbons (Fsp3) is 0.200. The maximum atomic E-state index is 12.2. The van der Waals surface area contributed by atoms with Crippen LogP contribution >= 0.6 is 11.6 Å². The maximum Gasteiger partial charge on any atom is 0.338 e. The molecule has 3 aromatic rings. The molecule has 2 aromatic carbocycles. The Kier molecular flexibility index (Phi) is 7.68. The van der Waals surface area contributed by atoms with Crippen LogP contribution in [0, 0.1) is 6.92 Å². The molecule has 3 rings (SSSR count). The van der Waals surface area contributed by atoms with E-state index in [1.165, 1.54) is 6.08 Å². The van der Waals surface area contributed by atoms with Crippen LogP contribution in [-0.4, -0.2) is 18.5 Å². The second kappa shape index (κ2) is 10.6. The molecule has 1 aromatic heterocycles. The predicted octanol–water partition coefficient (Wildman–Crippen LogP) is 6.52. The molecule has 0 radical (unpaired) electrons. The van der Waals surface area contributed by atoms with Crippen molar-refractivity contribution in [1.29, 1.82) is 0 Å². The Bertz CT molecular complexity index is 1080. The first-order valence-electron chi connectivity index (χ1n) is 10.1. The number of aryl methyl sites for hydroxylation is 1. The van der Waals surface area contributed by atoms with E-state index in [0.29, 0.717) is 34.4 Å². The highest BCUT2D eigenvalue weighted by Crippen LogP contribution is 2.27. The molecule has 0 fully saturated rings. The minimum absolute atomic E-state index is 0.311. The number of hydrogen-bond donors (Lipinski definition) is 1. The van der Waals surface area contributed by atoms with Crippen molar-refractivity contribution < 1.29 is 18.7 Å². The molecule has 0 saturated carbocycles. The first kappa shape index (κ1) is 22.4. The minimum atomic E-state index is -0.366. The van der Waals surface area contributed by atoms with E-state index in [-0.39, 0.29) is 11.9 Å². The third kappa shape index (κ3) is 6.33. The van der Waals surface area contributed by atoms with Crippen LogP contribution in [0.5, 0.6) is 0 Å². The molecule has 160 valence electrons. The summed E-state index contributed by atoms with van der Waals surface area (Å²) in [6.07, 6.45) is 4.78. The molecular weight excluding hydrogens is 414 g/mol. The van der Waals surface area contributed by atoms with Crippen molar-refractivity contribution in [2.45, 2.75) is 26.7 Å². The fourth-order valence-corrected chi connectivity index (χ4v) is 2.95. The van der Waals surface area contributed by atoms with Gasteiger partial charge in [0.25, 0.3) is 0 Å². The monoisotopic (exact) mass is 437 g/mol. The third-order valence-electron chi connectivity index (χ3n) is 4.60. The smallest absolute Gasteiger partial charge is 0.338 e. The highest BCUT2D eigenvalue weighted by Gasteiger charge is 2.08. The Morgan fingerprint density at radius 3 is 2.58 bits per heavy atom. The van der Waals surface area contributed by atoms with E-state index >= 15 is 0 Å². The molecule has 6 heteroatoms. The van der Waals surface area contributed by atoms with Crippen LogP contribution in [0.2, 0.25) is 5.02 Å². The number of carbonyl (C=O) groups excluding carboxylic acids is 2. The average Bonchev–Trinajstić information content (AvgIpc) is 3.24. The molecule has 0 aliphatic heterocycles. The molecule has 0 unspecified atom stereocenters. The molecular formula is C25H24ClNO4. The summed E-state index contributed by atoms with van der Waals surface area (Å²) < 4.78 is 10.9. The molecule has 1 amide bonds. The summed E-state index contributed by atoms with van der Waals surface area (Å²) in [4.78, 5) is 24.1. The first-order valence-corrected chi connectivity index (χ1v) is 10.5. The van der Waals surface area contributed by atoms with E-state index < -0.39 is 0 Å². The van der Waals surface area contributed by atoms with Crippen LogP contribution in [0.25, 0.3) is 17.4 Å². The summed E-state index contributed by atoms with van der Waals surface area (Å²) in [5.74, 6) is 0.541. The van der Waals surface area contributed by atoms with Gasteiger partial charge in [0.05, 0.1) is 12.2 Å². The number of furan rings is 1. The SMILES string of the molecule is CCCCOC(=O)c1ccc(NC(=O)/C=C/c2ccc(-c3ccc(C)c(Cl)c3)o2)cc1. The maximum absolute atomic E-state index is 12.2. The molecule has 0 spiro atoms. The molecule has 1 heterocycles. The van der Waals surface area contributed by atoms with Crippen LogP contribution in [0.1, 0.15) is 41.4 Å². The number of carbonyl (C=O) groups is 2. The van der Waals surface area contributed by atoms with Crippen molar-refractivity contribution in [2.24, 2.45) is 0 Å². The van der Waals surface area contributed by atoms with Crippen molar-refractivity contribution in [2.75, 3.05) is 11.9 Å². The normalized spacial score (nSPS) is 10.9. The van der Waals surface area contributed by atoms with Crippen molar-refractivity contribution in [1.82, 2.24) is 0 Å². The molecule has 0 saturated heterocycles. The number of esters is 1. The van der Waals surface area contributed by atoms with Crippen molar-refractivity contribution in [3.63, 3.8) is 0 Å². The zero-order valence-electron chi connectivity index (χ0n) is 17.5. The number of halogens is 1. The van der Waals surface area contributed by atoms with Crippen molar-refractivity contribution in [3.8, 4) is 11.3 Å². The molecule has 5 nitrogen and oxygen atoms in total. The lowest BCUT2D eigenvalue weighted by Crippen LogP contribution is -2.09. The van der Waals surface area contributed by atoms with Gasteiger partial charge in [0.2, 0.25) is 5.91 Å². The Hall–Kier alpha value is -3.31. The van der Waals surface area contributed by atoms with Crippen molar-refractivity contribution in [3.05, 3.63) is 82.6 Å². The van der Waals surface area contributed by atoms with Crippen molar-refractivity contribution >= 4 is 35.2 Å². The topological polar surface area (TPSA) is 68.5 Å². The number of anilines is 1. The number of hydrogen-bond acceptors (Lipinski definition) is 4. The Morgan fingerprint density at radius 2 is 1.87 bits per heavy atom. The Balaban J connectivity index is 1.56. The highest BCUT2D eigenvalue weighted by molar-refractivity contribution is 6.31. The summed E-state index contributed by atoms with van der Waals surface area (Å²) in [5.41, 5.74) is 2.89. The summed E-state index contributed by atoms with van der Waals surface area (Å²) in [6.45, 7) is 4.38. The van der Waals surface area contributed by atoms with Gasteiger partial charge in [-0.25, -0.2) is 4.79 Å². The molecule has 0 aliphatic rings. The number of ether oxygens (including phenoxy) is 1. The first-order chi connectivity index (χ1) is 15.0. The van der Waals surface area contributed by atoms with Crippen LogP contribution in [0.15, 0.2) is 65.1 Å². The van der Waals surface area contributed by atoms with Gasteiger partial charge in [-0.2, -0.15) is 0 Å². The molecule has 31 heavy (non-hydrogen) atoms. The summed E-state index contributed by atoms with van der Waals surface area (Å²) in [7, 11) is 0. The van der Waals surface area contributed by atoms with E-state index in [1.807, 2.05) is 38.1 Å². The molecule has 0 atom stereocenters. The van der Waals surface area contributed by atoms with E-state index in [0.717, 1.165) is 24.0 Å². The largest absolute Gasteiger partial charge is 0.462 e. The molecule has 1 N–H and O–H groups in total. The lowest BCUT2D eigenvalue weighted by atomic mass is 10.1. The quantitative estimate of drug-likeness (QED) is 0.247. The average molecular weight is 438 g/mol. The van der Waals surface area contributed by atoms with Gasteiger partial charge in [-0.1, -0.05) is 37.1 Å². The lowest BCUT2D eigenvalue weighted by molar-refractivity contribution is -0.111. The Morgan fingerprint density at radius 1 is 1.10 bits per heavy atom. The Labute approximate surface area is 186 Å². The van der Waals surface area contributed by atoms with Gasteiger partial charge in [-0.05, 0) is 67.4 Å². The summed E-state index contributed by atoms with van der Waals surface area (Å²) in [6, 6.07) is 15.9. The highest BCUT2D eigenvalue weighted by atomic mass is 35.5. The zero-order chi connectivity index (χ0) is 22.2. The second-order valence-electron chi connectivity index (χ2n) is 7.06. The van der Waals surface area contributed by atoms with Gasteiger partial charge in [-0.15, -0.1) is 0 Å². The summed E-state index contributed by atoms with van der Waals surface area (Å²) >= 11 is 6.17. The number of amides is 1. The molecule has 0 bridgehead atoms. The standard InChI is InChI=1S/C25H24ClNO4/c1-3-4-15-30-25(29)18-7-9-20(10-8-18)27-24(28)14-12-21-11-13-23(31-21)19-6-5-17(2)22(26)16-19/h5-14,16H,3-4,15H2,1-2H3,(H,27,28)/b14-12+. The van der Waals surface area contributed by atoms with Crippen LogP contribution in [-0.2, 0) is 9.53 Å². The van der Waals surface area contributed by atoms with Gasteiger partial charge in [-0.3, -0.25) is 4.79 Å². The number of rotatable bonds is 8. The second-order valence-corrected chi connectivity index (χ2v) is 7.46. The fourth-order valence-electron chi connectivity index (χ4n) is 2.77. The van der Waals surface area contributed by atoms with Crippen LogP contribution in [0.4, 0.5) is 5.69 Å². The van der Waals surface area contributed by atoms with Gasteiger partial charge in [0.1, 0.15) is 11.5 Å². The van der Waals surface area contributed by atoms with E-state index in [9.17, 15) is 9.59 Å². The molecule has 0 aliphatic carbocycles. The summed E-state index contributed by atoms with van der Waals surface area (Å²) in [5, 5.41) is 3.42. The van der Waals surface area contributed by atoms with Gasteiger partial charge in [0, 0.05) is 22.3 Å². The van der Waals surface area contributed by atoms with E-state index in [2.05, 4.69) is 5.32 Å². The minimum Gasteiger partial charge on any atom is -0.462 e. The number of unbranched alkanes of at least 4 members (excludes halogenated alkanes) is 1. The lowest BCUT2D eigenvalue weighted by Gasteiger charge is -2.05. The van der Waals surface area contributed by atoms with E-state index in [4.69, 9.17) is 20.8 Å². The van der Waals surface area contributed by atoms with Crippen LogP contribution in [0.3, 0.4) is 0 Å². The predicted molar refractivity (Wildman–Crippen MR) is 123 cm³/mol. The van der Waals surface area contributed by atoms with Gasteiger partial charge >= 0.3 is 5.97 Å². The van der Waals surface area contributed by atoms with Crippen LogP contribution < -0.4 is 5.32 Å². The van der Waals surface area contributed by atoms with Gasteiger partial charge < -0.3 is 14.5 Å². The third-order valence-corrected chi connectivity index (χ3v) is 5.01. The zero-order valence-corrected chi connectivity index (χ0v) is 18.2.